The van der Waals surface area contributed by atoms with E-state index in [1.165, 1.54) is 0 Å². The number of nitrogens with zero attached hydrogens (tertiary/aromatic N) is 2. The average Bonchev–Trinajstić information content (AvgIpc) is 2.58. The Morgan fingerprint density at radius 3 is 2.30 bits per heavy atom. The van der Waals surface area contributed by atoms with E-state index in [1.807, 2.05) is 0 Å². The SMILES string of the molecule is OC(CN(Cc1cccc(C(F)(F)F)n1)C1CCCC(OC(F)(F)F)C1)C(F)(F)F. The zero-order valence-electron chi connectivity index (χ0n) is 15.4. The van der Waals surface area contributed by atoms with Crippen LogP contribution in [0.2, 0.25) is 0 Å². The summed E-state index contributed by atoms with van der Waals surface area (Å²) in [4.78, 5) is 4.39. The van der Waals surface area contributed by atoms with Gasteiger partial charge < -0.3 is 5.11 Å². The quantitative estimate of drug-likeness (QED) is 0.635. The van der Waals surface area contributed by atoms with Crippen LogP contribution < -0.4 is 0 Å². The molecule has 0 bridgehead atoms. The summed E-state index contributed by atoms with van der Waals surface area (Å²) in [6.07, 6.45) is -18.7. The minimum atomic E-state index is -5.00. The fourth-order valence-electron chi connectivity index (χ4n) is 3.35. The lowest BCUT2D eigenvalue weighted by Crippen LogP contribution is -2.48. The molecule has 172 valence electrons. The number of alkyl halides is 9. The molecule has 0 radical (unpaired) electrons. The van der Waals surface area contributed by atoms with Crippen molar-refractivity contribution in [1.82, 2.24) is 9.88 Å². The maximum Gasteiger partial charge on any atom is 0.522 e. The van der Waals surface area contributed by atoms with E-state index >= 15 is 0 Å². The molecule has 1 saturated carbocycles. The zero-order chi connectivity index (χ0) is 22.7. The molecular weight excluding hydrogens is 435 g/mol. The molecule has 1 heterocycles. The Morgan fingerprint density at radius 1 is 1.07 bits per heavy atom. The first-order valence-corrected chi connectivity index (χ1v) is 8.91. The summed E-state index contributed by atoms with van der Waals surface area (Å²) in [5.41, 5.74) is -1.48. The third-order valence-electron chi connectivity index (χ3n) is 4.66. The molecule has 0 aliphatic heterocycles. The van der Waals surface area contributed by atoms with Gasteiger partial charge in [-0.3, -0.25) is 9.64 Å². The summed E-state index contributed by atoms with van der Waals surface area (Å²) in [6.45, 7) is -1.54. The van der Waals surface area contributed by atoms with Crippen molar-refractivity contribution in [3.8, 4) is 0 Å². The van der Waals surface area contributed by atoms with Crippen LogP contribution in [0.25, 0.3) is 0 Å². The number of aliphatic hydroxyl groups excluding tert-OH is 1. The predicted molar refractivity (Wildman–Crippen MR) is 84.9 cm³/mol. The van der Waals surface area contributed by atoms with Crippen LogP contribution in [0, 0.1) is 0 Å². The smallest absolute Gasteiger partial charge is 0.382 e. The average molecular weight is 454 g/mol. The molecule has 0 amide bonds. The third kappa shape index (κ3) is 7.58. The number of rotatable bonds is 6. The molecule has 2 rings (SSSR count). The van der Waals surface area contributed by atoms with Gasteiger partial charge in [-0.1, -0.05) is 6.07 Å². The molecule has 0 spiro atoms. The van der Waals surface area contributed by atoms with Crippen molar-refractivity contribution in [3.05, 3.63) is 29.6 Å². The molecule has 4 nitrogen and oxygen atoms in total. The highest BCUT2D eigenvalue weighted by atomic mass is 19.4. The van der Waals surface area contributed by atoms with E-state index in [1.54, 1.807) is 0 Å². The minimum absolute atomic E-state index is 0.0352. The van der Waals surface area contributed by atoms with Crippen molar-refractivity contribution in [2.24, 2.45) is 0 Å². The van der Waals surface area contributed by atoms with E-state index in [-0.39, 0.29) is 31.4 Å². The van der Waals surface area contributed by atoms with Crippen LogP contribution in [-0.2, 0) is 17.5 Å². The van der Waals surface area contributed by atoms with Crippen molar-refractivity contribution in [1.29, 1.82) is 0 Å². The highest BCUT2D eigenvalue weighted by molar-refractivity contribution is 5.14. The van der Waals surface area contributed by atoms with Crippen molar-refractivity contribution >= 4 is 0 Å². The maximum atomic E-state index is 12.8. The van der Waals surface area contributed by atoms with Crippen LogP contribution in [0.5, 0.6) is 0 Å². The number of hydrogen-bond donors (Lipinski definition) is 1. The molecule has 1 N–H and O–H groups in total. The number of aromatic nitrogens is 1. The second kappa shape index (κ2) is 9.27. The van der Waals surface area contributed by atoms with Gasteiger partial charge >= 0.3 is 18.7 Å². The molecule has 13 heteroatoms. The number of pyridine rings is 1. The number of halogens is 9. The fourth-order valence-corrected chi connectivity index (χ4v) is 3.35. The Hall–Kier alpha value is -1.60. The molecule has 1 aliphatic carbocycles. The molecule has 1 aromatic heterocycles. The van der Waals surface area contributed by atoms with Crippen LogP contribution in [0.1, 0.15) is 37.1 Å². The Kier molecular flexibility index (Phi) is 7.62. The van der Waals surface area contributed by atoms with E-state index < -0.39 is 55.7 Å². The highest BCUT2D eigenvalue weighted by Crippen LogP contribution is 2.32. The topological polar surface area (TPSA) is 45.6 Å². The monoisotopic (exact) mass is 454 g/mol. The van der Waals surface area contributed by atoms with Crippen LogP contribution in [-0.4, -0.2) is 52.3 Å². The van der Waals surface area contributed by atoms with Crippen LogP contribution in [0.15, 0.2) is 18.2 Å². The Labute approximate surface area is 165 Å². The minimum Gasteiger partial charge on any atom is -0.382 e. The van der Waals surface area contributed by atoms with Crippen molar-refractivity contribution in [2.45, 2.75) is 69.2 Å². The summed E-state index contributed by atoms with van der Waals surface area (Å²) in [6, 6.07) is 2.00. The van der Waals surface area contributed by atoms with Gasteiger partial charge in [0.2, 0.25) is 0 Å². The summed E-state index contributed by atoms with van der Waals surface area (Å²) >= 11 is 0. The second-order valence-electron chi connectivity index (χ2n) is 7.00. The molecular formula is C17H19F9N2O2. The number of ether oxygens (including phenoxy) is 1. The lowest BCUT2D eigenvalue weighted by Gasteiger charge is -2.38. The van der Waals surface area contributed by atoms with E-state index in [2.05, 4.69) is 9.72 Å². The molecule has 30 heavy (non-hydrogen) atoms. The van der Waals surface area contributed by atoms with Crippen LogP contribution in [0.3, 0.4) is 0 Å². The first-order chi connectivity index (χ1) is 13.6. The van der Waals surface area contributed by atoms with Gasteiger partial charge in [0.05, 0.1) is 11.8 Å². The fraction of sp³-hybridized carbons (Fsp3) is 0.706. The van der Waals surface area contributed by atoms with Gasteiger partial charge in [0.15, 0.2) is 6.10 Å². The molecule has 3 atom stereocenters. The molecule has 3 unspecified atom stereocenters. The first kappa shape index (κ1) is 24.7. The van der Waals surface area contributed by atoms with Gasteiger partial charge in [-0.25, -0.2) is 4.98 Å². The number of aliphatic hydroxyl groups is 1. The summed E-state index contributed by atoms with van der Waals surface area (Å²) < 4.78 is 118. The highest BCUT2D eigenvalue weighted by Gasteiger charge is 2.42. The van der Waals surface area contributed by atoms with Crippen molar-refractivity contribution in [2.75, 3.05) is 6.54 Å². The van der Waals surface area contributed by atoms with E-state index in [0.717, 1.165) is 17.0 Å². The van der Waals surface area contributed by atoms with Gasteiger partial charge in [0.1, 0.15) is 5.69 Å². The summed E-state index contributed by atoms with van der Waals surface area (Å²) in [7, 11) is 0. The van der Waals surface area contributed by atoms with Gasteiger partial charge in [0, 0.05) is 19.1 Å². The van der Waals surface area contributed by atoms with Gasteiger partial charge in [-0.15, -0.1) is 13.2 Å². The molecule has 1 aliphatic rings. The van der Waals surface area contributed by atoms with E-state index in [9.17, 15) is 44.6 Å². The van der Waals surface area contributed by atoms with Crippen molar-refractivity contribution < 1.29 is 49.4 Å². The normalized spacial score (nSPS) is 22.4. The van der Waals surface area contributed by atoms with Gasteiger partial charge in [-0.05, 0) is 37.8 Å². The van der Waals surface area contributed by atoms with Gasteiger partial charge in [-0.2, -0.15) is 26.3 Å². The molecule has 0 aromatic carbocycles. The van der Waals surface area contributed by atoms with Crippen molar-refractivity contribution in [3.63, 3.8) is 0 Å². The Bertz CT molecular complexity index is 691. The Morgan fingerprint density at radius 2 is 1.73 bits per heavy atom. The molecule has 1 fully saturated rings. The lowest BCUT2D eigenvalue weighted by atomic mass is 9.91. The largest absolute Gasteiger partial charge is 0.522 e. The van der Waals surface area contributed by atoms with E-state index in [4.69, 9.17) is 0 Å². The summed E-state index contributed by atoms with van der Waals surface area (Å²) in [5.74, 6) is 0. The molecule has 0 saturated heterocycles. The number of hydrogen-bond acceptors (Lipinski definition) is 4. The standard InChI is InChI=1S/C17H19F9N2O2/c18-15(19,20)13-6-1-3-10(27-13)8-28(9-14(29)16(21,22)23)11-4-2-5-12(7-11)30-17(24,25)26/h1,3,6,11-12,14,29H,2,4-5,7-9H2. The van der Waals surface area contributed by atoms with Crippen LogP contribution >= 0.6 is 0 Å². The Balaban J connectivity index is 2.22. The van der Waals surface area contributed by atoms with Crippen LogP contribution in [0.4, 0.5) is 39.5 Å². The maximum absolute atomic E-state index is 12.8. The second-order valence-corrected chi connectivity index (χ2v) is 7.00. The predicted octanol–water partition coefficient (Wildman–Crippen LogP) is 4.67. The molecule has 1 aromatic rings. The third-order valence-corrected chi connectivity index (χ3v) is 4.66. The first-order valence-electron chi connectivity index (χ1n) is 8.91. The summed E-state index contributed by atoms with van der Waals surface area (Å²) in [5, 5.41) is 9.42. The zero-order valence-corrected chi connectivity index (χ0v) is 15.4. The lowest BCUT2D eigenvalue weighted by molar-refractivity contribution is -0.346. The van der Waals surface area contributed by atoms with Gasteiger partial charge in [0.25, 0.3) is 0 Å². The van der Waals surface area contributed by atoms with E-state index in [0.29, 0.717) is 6.07 Å².